The Morgan fingerprint density at radius 1 is 1.10 bits per heavy atom. The number of phosphoric acid groups is 1. The van der Waals surface area contributed by atoms with Crippen LogP contribution in [-0.2, 0) is 4.57 Å². The van der Waals surface area contributed by atoms with Crippen LogP contribution in [-0.4, -0.2) is 82.6 Å². The van der Waals surface area contributed by atoms with Crippen molar-refractivity contribution in [2.24, 2.45) is 0 Å². The molecule has 0 amide bonds. The summed E-state index contributed by atoms with van der Waals surface area (Å²) in [4.78, 5) is 21.6. The van der Waals surface area contributed by atoms with E-state index < -0.39 is 15.1 Å². The van der Waals surface area contributed by atoms with Gasteiger partial charge in [-0.05, 0) is 0 Å². The first-order valence-corrected chi connectivity index (χ1v) is 3.12. The van der Waals surface area contributed by atoms with Gasteiger partial charge in [-0.15, -0.1) is 0 Å². The largest absolute Gasteiger partial charge is 2.00 e. The summed E-state index contributed by atoms with van der Waals surface area (Å²) in [6.07, 6.45) is 0. The van der Waals surface area contributed by atoms with Gasteiger partial charge in [0.15, 0.2) is 0 Å². The average Bonchev–Trinajstić information content (AvgIpc) is 1.19. The van der Waals surface area contributed by atoms with Crippen LogP contribution in [0.1, 0.15) is 2.85 Å². The van der Waals surface area contributed by atoms with Crippen molar-refractivity contribution in [2.45, 2.75) is 0 Å². The van der Waals surface area contributed by atoms with Gasteiger partial charge >= 0.3 is 60.6 Å². The molecule has 10 heteroatoms. The molecule has 0 atom stereocenters. The zero-order valence-corrected chi connectivity index (χ0v) is 9.19. The molecule has 0 aromatic heterocycles. The molecular formula is H8BO7PSr. The van der Waals surface area contributed by atoms with Crippen LogP contribution < -0.4 is 0 Å². The Hall–Kier alpha value is 1.54. The Bertz CT molecular complexity index is 92.6. The molecular weight excluding hydrogens is 241 g/mol. The molecule has 0 unspecified atom stereocenters. The summed E-state index contributed by atoms with van der Waals surface area (Å²) in [5.74, 6) is 0. The Balaban J connectivity index is -0.0000000221. The van der Waals surface area contributed by atoms with Gasteiger partial charge in [-0.25, -0.2) is 4.57 Å². The molecule has 0 aliphatic carbocycles. The monoisotopic (exact) mass is 250 g/mol. The predicted octanol–water partition coefficient (Wildman–Crippen LogP) is -3.14. The molecule has 7 nitrogen and oxygen atoms in total. The van der Waals surface area contributed by atoms with Crippen LogP contribution >= 0.6 is 7.82 Å². The standard InChI is InChI=1S/BH3O3.H3O4P.Sr.2H/c2-1(3)4;1-5(2,3)4;;;/h2-4H;(H3,1,2,3,4);;;/q;;+2;2*-1. The van der Waals surface area contributed by atoms with Gasteiger partial charge in [0.25, 0.3) is 0 Å². The van der Waals surface area contributed by atoms with E-state index in [1.54, 1.807) is 0 Å². The van der Waals surface area contributed by atoms with Crippen LogP contribution in [0.15, 0.2) is 0 Å². The fourth-order valence-electron chi connectivity index (χ4n) is 0. The summed E-state index contributed by atoms with van der Waals surface area (Å²) < 4.78 is 8.88. The molecule has 0 bridgehead atoms. The van der Waals surface area contributed by atoms with Crippen molar-refractivity contribution in [3.63, 3.8) is 0 Å². The Morgan fingerprint density at radius 3 is 1.10 bits per heavy atom. The third-order valence-corrected chi connectivity index (χ3v) is 0. The van der Waals surface area contributed by atoms with Crippen LogP contribution in [0.25, 0.3) is 0 Å². The fourth-order valence-corrected chi connectivity index (χ4v) is 0. The summed E-state index contributed by atoms with van der Waals surface area (Å²) in [5, 5.41) is 21.5. The molecule has 0 saturated heterocycles. The predicted molar refractivity (Wildman–Crippen MR) is 34.7 cm³/mol. The molecule has 0 spiro atoms. The first-order chi connectivity index (χ1) is 3.73. The summed E-state index contributed by atoms with van der Waals surface area (Å²) in [6, 6.07) is 0. The first kappa shape index (κ1) is 17.6. The Kier molecular flexibility index (Phi) is 15.2. The van der Waals surface area contributed by atoms with Gasteiger partial charge in [-0.1, -0.05) is 0 Å². The third kappa shape index (κ3) is 295. The summed E-state index contributed by atoms with van der Waals surface area (Å²) >= 11 is 0. The van der Waals surface area contributed by atoms with Gasteiger partial charge < -0.3 is 32.6 Å². The smallest absolute Gasteiger partial charge is 1.00 e. The van der Waals surface area contributed by atoms with E-state index in [1.165, 1.54) is 0 Å². The maximum atomic E-state index is 8.88. The molecule has 10 heavy (non-hydrogen) atoms. The molecule has 0 heterocycles. The van der Waals surface area contributed by atoms with Crippen LogP contribution in [0.3, 0.4) is 0 Å². The molecule has 0 aliphatic rings. The Labute approximate surface area is 97.0 Å². The van der Waals surface area contributed by atoms with Crippen molar-refractivity contribution in [1.29, 1.82) is 0 Å². The van der Waals surface area contributed by atoms with Crippen molar-refractivity contribution in [3.05, 3.63) is 0 Å². The van der Waals surface area contributed by atoms with Gasteiger partial charge in [0, 0.05) is 0 Å². The van der Waals surface area contributed by atoms with Gasteiger partial charge in [0.2, 0.25) is 0 Å². The van der Waals surface area contributed by atoms with E-state index >= 15 is 0 Å². The van der Waals surface area contributed by atoms with Crippen LogP contribution in [0.5, 0.6) is 0 Å². The van der Waals surface area contributed by atoms with Crippen molar-refractivity contribution in [1.82, 2.24) is 0 Å². The average molecular weight is 249 g/mol. The number of hydrogen-bond acceptors (Lipinski definition) is 4. The minimum atomic E-state index is -4.64. The zero-order chi connectivity index (χ0) is 8.08. The van der Waals surface area contributed by atoms with Gasteiger partial charge in [0.1, 0.15) is 0 Å². The van der Waals surface area contributed by atoms with Crippen LogP contribution in [0.2, 0.25) is 0 Å². The van der Waals surface area contributed by atoms with E-state index in [9.17, 15) is 0 Å². The molecule has 0 aromatic carbocycles. The molecule has 0 saturated carbocycles. The van der Waals surface area contributed by atoms with Crippen molar-refractivity contribution >= 4 is 60.6 Å². The van der Waals surface area contributed by atoms with Gasteiger partial charge in [0.05, 0.1) is 0 Å². The van der Waals surface area contributed by atoms with Crippen LogP contribution in [0, 0.1) is 0 Å². The third-order valence-electron chi connectivity index (χ3n) is 0. The molecule has 0 fully saturated rings. The maximum Gasteiger partial charge on any atom is 2.00 e. The van der Waals surface area contributed by atoms with E-state index in [-0.39, 0.29) is 48.3 Å². The van der Waals surface area contributed by atoms with Crippen molar-refractivity contribution < 1.29 is 37.2 Å². The molecule has 60 valence electrons. The van der Waals surface area contributed by atoms with E-state index in [2.05, 4.69) is 0 Å². The van der Waals surface area contributed by atoms with Crippen LogP contribution in [0.4, 0.5) is 0 Å². The second kappa shape index (κ2) is 8.63. The second-order valence-electron chi connectivity index (χ2n) is 0.860. The fraction of sp³-hybridized carbons (Fsp3) is 0. The molecule has 0 radical (unpaired) electrons. The Morgan fingerprint density at radius 2 is 1.10 bits per heavy atom. The van der Waals surface area contributed by atoms with E-state index in [0.29, 0.717) is 0 Å². The quantitative estimate of drug-likeness (QED) is 0.197. The number of rotatable bonds is 0. The SMILES string of the molecule is O=P(O)(O)O.OB(O)O.[H-].[H-].[Sr+2]. The molecule has 0 aromatic rings. The summed E-state index contributed by atoms with van der Waals surface area (Å²) in [5.41, 5.74) is 0. The minimum Gasteiger partial charge on any atom is -1.00 e. The summed E-state index contributed by atoms with van der Waals surface area (Å²) in [7, 11) is -6.81. The van der Waals surface area contributed by atoms with Crippen molar-refractivity contribution in [3.8, 4) is 0 Å². The topological polar surface area (TPSA) is 138 Å². The van der Waals surface area contributed by atoms with E-state index in [1.807, 2.05) is 0 Å². The molecule has 6 N–H and O–H groups in total. The molecule has 0 rings (SSSR count). The minimum absolute atomic E-state index is 0. The first-order valence-electron chi connectivity index (χ1n) is 1.56. The normalized spacial score (nSPS) is 8.60. The van der Waals surface area contributed by atoms with Crippen molar-refractivity contribution in [2.75, 3.05) is 0 Å². The second-order valence-corrected chi connectivity index (χ2v) is 1.89. The molecule has 0 aliphatic heterocycles. The number of hydrogen-bond donors (Lipinski definition) is 6. The van der Waals surface area contributed by atoms with E-state index in [0.717, 1.165) is 0 Å². The van der Waals surface area contributed by atoms with E-state index in [4.69, 9.17) is 34.3 Å². The van der Waals surface area contributed by atoms with Gasteiger partial charge in [-0.2, -0.15) is 0 Å². The summed E-state index contributed by atoms with van der Waals surface area (Å²) in [6.45, 7) is 0. The maximum absolute atomic E-state index is 8.88. The van der Waals surface area contributed by atoms with Gasteiger partial charge in [-0.3, -0.25) is 0 Å². The zero-order valence-electron chi connectivity index (χ0n) is 6.82.